The molecule has 6 heteroatoms. The van der Waals surface area contributed by atoms with Gasteiger partial charge in [-0.15, -0.1) is 0 Å². The highest BCUT2D eigenvalue weighted by Crippen LogP contribution is 2.29. The summed E-state index contributed by atoms with van der Waals surface area (Å²) in [5.74, 6) is 0.916. The molecule has 6 nitrogen and oxygen atoms in total. The van der Waals surface area contributed by atoms with Gasteiger partial charge in [0, 0.05) is 41.4 Å². The van der Waals surface area contributed by atoms with Gasteiger partial charge in [0.05, 0.1) is 7.11 Å². The highest BCUT2D eigenvalue weighted by molar-refractivity contribution is 6.05. The Morgan fingerprint density at radius 1 is 0.970 bits per heavy atom. The van der Waals surface area contributed by atoms with Gasteiger partial charge in [0.25, 0.3) is 5.91 Å². The predicted octanol–water partition coefficient (Wildman–Crippen LogP) is 5.04. The van der Waals surface area contributed by atoms with Gasteiger partial charge in [-0.25, -0.2) is 0 Å². The van der Waals surface area contributed by atoms with Crippen LogP contribution < -0.4 is 14.8 Å². The van der Waals surface area contributed by atoms with E-state index < -0.39 is 0 Å². The molecule has 0 saturated heterocycles. The molecule has 3 aromatic carbocycles. The van der Waals surface area contributed by atoms with Crippen LogP contribution in [0.1, 0.15) is 15.9 Å². The number of fused-ring (bicyclic) bond motifs is 1. The number of amides is 1. The number of likely N-dealkylation sites (N-methyl/N-ethyl adjacent to an activating group) is 1. The molecule has 0 fully saturated rings. The number of methoxy groups -OCH3 is 1. The minimum Gasteiger partial charge on any atom is -0.493 e. The molecule has 0 aliphatic rings. The first kappa shape index (κ1) is 22.4. The van der Waals surface area contributed by atoms with E-state index in [1.54, 1.807) is 25.3 Å². The van der Waals surface area contributed by atoms with Crippen LogP contribution in [0.5, 0.6) is 11.5 Å². The van der Waals surface area contributed by atoms with Crippen molar-refractivity contribution in [3.8, 4) is 11.5 Å². The summed E-state index contributed by atoms with van der Waals surface area (Å²) < 4.78 is 13.6. The SMILES string of the molecule is COc1cc(C(=O)Nc2ccc3c(ccn3CCN(C)C)c2)ccc1OCc1ccccc1. The van der Waals surface area contributed by atoms with Crippen molar-refractivity contribution in [2.24, 2.45) is 0 Å². The second-order valence-corrected chi connectivity index (χ2v) is 8.18. The Hall–Kier alpha value is -3.77. The van der Waals surface area contributed by atoms with E-state index in [0.29, 0.717) is 23.7 Å². The monoisotopic (exact) mass is 443 g/mol. The second kappa shape index (κ2) is 10.2. The summed E-state index contributed by atoms with van der Waals surface area (Å²) in [6, 6.07) is 23.2. The summed E-state index contributed by atoms with van der Waals surface area (Å²) in [7, 11) is 5.70. The van der Waals surface area contributed by atoms with Crippen molar-refractivity contribution in [3.05, 3.63) is 90.1 Å². The topological polar surface area (TPSA) is 55.7 Å². The average molecular weight is 444 g/mol. The Morgan fingerprint density at radius 2 is 1.79 bits per heavy atom. The Balaban J connectivity index is 1.44. The molecule has 1 amide bonds. The van der Waals surface area contributed by atoms with Gasteiger partial charge < -0.3 is 24.3 Å². The standard InChI is InChI=1S/C27H29N3O3/c1-29(2)15-16-30-14-13-21-17-23(10-11-24(21)30)28-27(31)22-9-12-25(26(18-22)32-3)33-19-20-7-5-4-6-8-20/h4-14,17-18H,15-16,19H2,1-3H3,(H,28,31). The summed E-state index contributed by atoms with van der Waals surface area (Å²) in [4.78, 5) is 15.0. The van der Waals surface area contributed by atoms with Crippen LogP contribution >= 0.6 is 0 Å². The largest absolute Gasteiger partial charge is 0.493 e. The summed E-state index contributed by atoms with van der Waals surface area (Å²) in [6.07, 6.45) is 2.08. The van der Waals surface area contributed by atoms with Crippen molar-refractivity contribution < 1.29 is 14.3 Å². The molecule has 0 bridgehead atoms. The fourth-order valence-electron chi connectivity index (χ4n) is 3.65. The molecule has 0 spiro atoms. The van der Waals surface area contributed by atoms with Gasteiger partial charge in [-0.2, -0.15) is 0 Å². The minimum atomic E-state index is -0.200. The fourth-order valence-corrected chi connectivity index (χ4v) is 3.65. The van der Waals surface area contributed by atoms with E-state index >= 15 is 0 Å². The normalized spacial score (nSPS) is 11.0. The predicted molar refractivity (Wildman–Crippen MR) is 132 cm³/mol. The Bertz CT molecular complexity index is 1230. The minimum absolute atomic E-state index is 0.200. The molecule has 0 atom stereocenters. The summed E-state index contributed by atoms with van der Waals surface area (Å²) >= 11 is 0. The van der Waals surface area contributed by atoms with Crippen LogP contribution in [0.4, 0.5) is 5.69 Å². The lowest BCUT2D eigenvalue weighted by Crippen LogP contribution is -2.17. The molecule has 0 unspecified atom stereocenters. The molecular formula is C27H29N3O3. The molecule has 1 heterocycles. The number of aromatic nitrogens is 1. The molecule has 0 aliphatic heterocycles. The molecule has 1 N–H and O–H groups in total. The van der Waals surface area contributed by atoms with Crippen molar-refractivity contribution >= 4 is 22.5 Å². The van der Waals surface area contributed by atoms with Crippen LogP contribution in [0.15, 0.2) is 79.0 Å². The number of nitrogens with zero attached hydrogens (tertiary/aromatic N) is 2. The lowest BCUT2D eigenvalue weighted by atomic mass is 10.1. The van der Waals surface area contributed by atoms with E-state index in [-0.39, 0.29) is 5.91 Å². The van der Waals surface area contributed by atoms with Crippen molar-refractivity contribution in [3.63, 3.8) is 0 Å². The van der Waals surface area contributed by atoms with Crippen molar-refractivity contribution in [1.29, 1.82) is 0 Å². The third kappa shape index (κ3) is 5.54. The first-order valence-electron chi connectivity index (χ1n) is 10.9. The van der Waals surface area contributed by atoms with E-state index in [4.69, 9.17) is 9.47 Å². The second-order valence-electron chi connectivity index (χ2n) is 8.18. The maximum atomic E-state index is 12.9. The van der Waals surface area contributed by atoms with E-state index in [9.17, 15) is 4.79 Å². The smallest absolute Gasteiger partial charge is 0.255 e. The highest BCUT2D eigenvalue weighted by atomic mass is 16.5. The van der Waals surface area contributed by atoms with Crippen molar-refractivity contribution in [2.75, 3.05) is 33.1 Å². The number of anilines is 1. The van der Waals surface area contributed by atoms with Crippen LogP contribution in [0.3, 0.4) is 0 Å². The maximum absolute atomic E-state index is 12.9. The molecule has 170 valence electrons. The molecule has 0 radical (unpaired) electrons. The van der Waals surface area contributed by atoms with Gasteiger partial charge in [0.1, 0.15) is 6.61 Å². The molecule has 0 aliphatic carbocycles. The number of nitrogens with one attached hydrogen (secondary N) is 1. The lowest BCUT2D eigenvalue weighted by Gasteiger charge is -2.13. The van der Waals surface area contributed by atoms with Crippen molar-refractivity contribution in [2.45, 2.75) is 13.2 Å². The molecule has 4 aromatic rings. The lowest BCUT2D eigenvalue weighted by molar-refractivity contribution is 0.102. The van der Waals surface area contributed by atoms with Crippen molar-refractivity contribution in [1.82, 2.24) is 9.47 Å². The Morgan fingerprint density at radius 3 is 2.55 bits per heavy atom. The number of rotatable bonds is 9. The van der Waals surface area contributed by atoms with E-state index in [1.807, 2.05) is 48.5 Å². The summed E-state index contributed by atoms with van der Waals surface area (Å²) in [5.41, 5.74) is 3.47. The Kier molecular flexibility index (Phi) is 6.95. The van der Waals surface area contributed by atoms with E-state index in [1.165, 1.54) is 0 Å². The van der Waals surface area contributed by atoms with E-state index in [0.717, 1.165) is 35.2 Å². The Labute approximate surface area is 194 Å². The van der Waals surface area contributed by atoms with Crippen LogP contribution in [0, 0.1) is 0 Å². The van der Waals surface area contributed by atoms with Crippen LogP contribution in [0.2, 0.25) is 0 Å². The first-order valence-corrected chi connectivity index (χ1v) is 10.9. The zero-order chi connectivity index (χ0) is 23.2. The van der Waals surface area contributed by atoms with Gasteiger partial charge in [-0.3, -0.25) is 4.79 Å². The van der Waals surface area contributed by atoms with E-state index in [2.05, 4.69) is 41.1 Å². The third-order valence-corrected chi connectivity index (χ3v) is 5.48. The molecule has 1 aromatic heterocycles. The fraction of sp³-hybridized carbons (Fsp3) is 0.222. The van der Waals surface area contributed by atoms with Gasteiger partial charge in [0.2, 0.25) is 0 Å². The van der Waals surface area contributed by atoms with Gasteiger partial charge >= 0.3 is 0 Å². The highest BCUT2D eigenvalue weighted by Gasteiger charge is 2.13. The zero-order valence-electron chi connectivity index (χ0n) is 19.2. The number of benzene rings is 3. The number of hydrogen-bond donors (Lipinski definition) is 1. The maximum Gasteiger partial charge on any atom is 0.255 e. The van der Waals surface area contributed by atoms with Crippen LogP contribution in [0.25, 0.3) is 10.9 Å². The molecule has 0 saturated carbocycles. The molecular weight excluding hydrogens is 414 g/mol. The van der Waals surface area contributed by atoms with Gasteiger partial charge in [-0.1, -0.05) is 30.3 Å². The van der Waals surface area contributed by atoms with Crippen LogP contribution in [-0.4, -0.2) is 43.1 Å². The molecule has 33 heavy (non-hydrogen) atoms. The third-order valence-electron chi connectivity index (χ3n) is 5.48. The summed E-state index contributed by atoms with van der Waals surface area (Å²) in [5, 5.41) is 4.08. The van der Waals surface area contributed by atoms with Crippen LogP contribution in [-0.2, 0) is 13.2 Å². The number of carbonyl (C=O) groups excluding carboxylic acids is 1. The number of hydrogen-bond acceptors (Lipinski definition) is 4. The number of ether oxygens (including phenoxy) is 2. The summed E-state index contributed by atoms with van der Waals surface area (Å²) in [6.45, 7) is 2.31. The van der Waals surface area contributed by atoms with Gasteiger partial charge in [0.15, 0.2) is 11.5 Å². The number of carbonyl (C=O) groups is 1. The average Bonchev–Trinajstić information content (AvgIpc) is 3.24. The molecule has 4 rings (SSSR count). The first-order chi connectivity index (χ1) is 16.0. The zero-order valence-corrected chi connectivity index (χ0v) is 19.2. The quantitative estimate of drug-likeness (QED) is 0.394. The van der Waals surface area contributed by atoms with Gasteiger partial charge in [-0.05, 0) is 62.1 Å².